The average molecular weight is 403 g/mol. The predicted octanol–water partition coefficient (Wildman–Crippen LogP) is 3.87. The van der Waals surface area contributed by atoms with Crippen molar-refractivity contribution in [2.24, 2.45) is 0 Å². The van der Waals surface area contributed by atoms with Gasteiger partial charge in [0, 0.05) is 15.2 Å². The van der Waals surface area contributed by atoms with E-state index in [1.807, 2.05) is 42.6 Å². The van der Waals surface area contributed by atoms with Gasteiger partial charge in [0.2, 0.25) is 0 Å². The van der Waals surface area contributed by atoms with Gasteiger partial charge in [-0.1, -0.05) is 29.8 Å². The number of nitrogens with zero attached hydrogens (tertiary/aromatic N) is 2. The van der Waals surface area contributed by atoms with Crippen LogP contribution in [0.25, 0.3) is 11.0 Å². The van der Waals surface area contributed by atoms with Crippen LogP contribution in [0.2, 0.25) is 5.02 Å². The molecule has 0 aliphatic carbocycles. The van der Waals surface area contributed by atoms with E-state index in [9.17, 15) is 4.55 Å². The van der Waals surface area contributed by atoms with Crippen LogP contribution in [0.3, 0.4) is 0 Å². The molecule has 0 aliphatic heterocycles. The summed E-state index contributed by atoms with van der Waals surface area (Å²) in [6.07, 6.45) is 3.40. The molecule has 19 heavy (non-hydrogen) atoms. The van der Waals surface area contributed by atoms with E-state index in [2.05, 4.69) is 27.6 Å². The molecule has 0 N–H and O–H groups in total. The van der Waals surface area contributed by atoms with Gasteiger partial charge in [-0.3, -0.25) is 0 Å². The van der Waals surface area contributed by atoms with E-state index in [1.165, 1.54) is 0 Å². The first kappa shape index (κ1) is 13.2. The molecule has 0 bridgehead atoms. The number of hydrogen-bond acceptors (Lipinski definition) is 2. The highest BCUT2D eigenvalue weighted by Crippen LogP contribution is 2.27. The van der Waals surface area contributed by atoms with Gasteiger partial charge in [0.05, 0.1) is 11.2 Å². The van der Waals surface area contributed by atoms with Crippen LogP contribution in [0.5, 0.6) is 0 Å². The number of pyridine rings is 1. The van der Waals surface area contributed by atoms with Crippen LogP contribution < -0.4 is 0 Å². The first-order chi connectivity index (χ1) is 9.16. The van der Waals surface area contributed by atoms with Crippen LogP contribution in [0.4, 0.5) is 0 Å². The molecule has 0 spiro atoms. The molecule has 96 valence electrons. The van der Waals surface area contributed by atoms with Gasteiger partial charge in [0.25, 0.3) is 0 Å². The average Bonchev–Trinajstić information content (AvgIpc) is 2.76. The molecule has 3 rings (SSSR count). The fourth-order valence-corrected chi connectivity index (χ4v) is 3.94. The second-order valence-corrected chi connectivity index (χ2v) is 6.85. The molecule has 0 saturated carbocycles. The molecule has 0 radical (unpaired) electrons. The van der Waals surface area contributed by atoms with Gasteiger partial charge in [0.1, 0.15) is 11.4 Å². The van der Waals surface area contributed by atoms with Gasteiger partial charge in [-0.15, -0.1) is 3.97 Å². The predicted molar refractivity (Wildman–Crippen MR) is 85.7 cm³/mol. The van der Waals surface area contributed by atoms with E-state index in [0.29, 0.717) is 10.7 Å². The fourth-order valence-electron chi connectivity index (χ4n) is 1.79. The van der Waals surface area contributed by atoms with Crippen LogP contribution in [0, 0.1) is 3.57 Å². The number of benzene rings is 1. The summed E-state index contributed by atoms with van der Waals surface area (Å²) in [6, 6.07) is 11.2. The van der Waals surface area contributed by atoms with E-state index in [0.717, 1.165) is 13.9 Å². The Labute approximate surface area is 132 Å². The number of halogens is 2. The van der Waals surface area contributed by atoms with Crippen LogP contribution in [-0.2, 0) is 11.4 Å². The van der Waals surface area contributed by atoms with Crippen LogP contribution in [0.15, 0.2) is 53.7 Å². The quantitative estimate of drug-likeness (QED) is 0.482. The van der Waals surface area contributed by atoms with E-state index in [4.69, 9.17) is 11.6 Å². The topological polar surface area (TPSA) is 40.9 Å². The molecule has 2 heterocycles. The van der Waals surface area contributed by atoms with Crippen molar-refractivity contribution in [1.29, 1.82) is 0 Å². The van der Waals surface area contributed by atoms with Crippen molar-refractivity contribution in [3.05, 3.63) is 57.4 Å². The number of aromatic nitrogens is 2. The van der Waals surface area contributed by atoms with Crippen molar-refractivity contribution in [2.75, 3.05) is 0 Å². The maximum absolute atomic E-state index is 12.6. The highest BCUT2D eigenvalue weighted by molar-refractivity contribution is 14.1. The minimum atomic E-state index is -1.30. The summed E-state index contributed by atoms with van der Waals surface area (Å²) in [6.45, 7) is 0. The smallest absolute Gasteiger partial charge is 0.187 e. The van der Waals surface area contributed by atoms with Crippen molar-refractivity contribution >= 4 is 56.6 Å². The Kier molecular flexibility index (Phi) is 3.70. The van der Waals surface area contributed by atoms with Gasteiger partial charge >= 0.3 is 0 Å². The lowest BCUT2D eigenvalue weighted by molar-refractivity contribution is 0.587. The molecule has 2 aromatic heterocycles. The third kappa shape index (κ3) is 2.47. The van der Waals surface area contributed by atoms with Gasteiger partial charge in [0.15, 0.2) is 10.5 Å². The Morgan fingerprint density at radius 2 is 2.00 bits per heavy atom. The van der Waals surface area contributed by atoms with Crippen LogP contribution in [0.1, 0.15) is 0 Å². The van der Waals surface area contributed by atoms with E-state index < -0.39 is 11.4 Å². The van der Waals surface area contributed by atoms with Crippen molar-refractivity contribution in [3.63, 3.8) is 0 Å². The molecule has 0 fully saturated rings. The third-order valence-electron chi connectivity index (χ3n) is 2.65. The molecule has 1 aromatic carbocycles. The zero-order valence-corrected chi connectivity index (χ0v) is 13.3. The summed E-state index contributed by atoms with van der Waals surface area (Å²) >= 11 is 6.84. The summed E-state index contributed by atoms with van der Waals surface area (Å²) in [5, 5.41) is 1.49. The largest absolute Gasteiger partial charge is 0.587 e. The second-order valence-electron chi connectivity index (χ2n) is 3.89. The summed E-state index contributed by atoms with van der Waals surface area (Å²) in [5.41, 5.74) is 0.677. The Hall–Kier alpha value is -0.760. The lowest BCUT2D eigenvalue weighted by Gasteiger charge is -2.10. The molecule has 3 aromatic rings. The molecule has 3 nitrogen and oxygen atoms in total. The minimum absolute atomic E-state index is 0.577. The van der Waals surface area contributed by atoms with E-state index >= 15 is 0 Å². The highest BCUT2D eigenvalue weighted by atomic mass is 127. The van der Waals surface area contributed by atoms with E-state index in [-0.39, 0.29) is 0 Å². The highest BCUT2D eigenvalue weighted by Gasteiger charge is 2.19. The van der Waals surface area contributed by atoms with Crippen LogP contribution >= 0.6 is 34.2 Å². The van der Waals surface area contributed by atoms with Crippen molar-refractivity contribution < 1.29 is 4.55 Å². The normalized spacial score (nSPS) is 12.8. The molecule has 1 unspecified atom stereocenters. The summed E-state index contributed by atoms with van der Waals surface area (Å²) < 4.78 is 15.2. The molecule has 6 heteroatoms. The van der Waals surface area contributed by atoms with Crippen molar-refractivity contribution in [1.82, 2.24) is 8.96 Å². The molecule has 0 saturated heterocycles. The minimum Gasteiger partial charge on any atom is -0.587 e. The maximum atomic E-state index is 12.6. The molecule has 0 amide bonds. The second kappa shape index (κ2) is 5.32. The summed E-state index contributed by atoms with van der Waals surface area (Å²) in [7, 11) is 0. The maximum Gasteiger partial charge on any atom is 0.187 e. The molecule has 1 atom stereocenters. The third-order valence-corrected chi connectivity index (χ3v) is 5.03. The lowest BCUT2D eigenvalue weighted by Crippen LogP contribution is -2.12. The molecular formula is C13H8ClIN2OS. The number of rotatable bonds is 2. The van der Waals surface area contributed by atoms with Gasteiger partial charge in [-0.25, -0.2) is 4.98 Å². The SMILES string of the molecule is [O-][S+](c1ccccc1)n1cc(I)c2cc(Cl)cnc21. The number of hydrogen-bond donors (Lipinski definition) is 0. The summed E-state index contributed by atoms with van der Waals surface area (Å²) in [4.78, 5) is 5.02. The fraction of sp³-hybridized carbons (Fsp3) is 0. The van der Waals surface area contributed by atoms with Gasteiger partial charge in [-0.05, 0) is 40.8 Å². The number of fused-ring (bicyclic) bond motifs is 1. The standard InChI is InChI=1S/C13H8ClIN2OS/c14-9-6-11-12(15)8-17(13(11)16-7-9)19(18)10-4-2-1-3-5-10/h1-8H. The zero-order chi connectivity index (χ0) is 13.4. The Morgan fingerprint density at radius 1 is 1.26 bits per heavy atom. The Balaban J connectivity index is 2.16. The Morgan fingerprint density at radius 3 is 2.74 bits per heavy atom. The van der Waals surface area contributed by atoms with Crippen LogP contribution in [-0.4, -0.2) is 13.5 Å². The first-order valence-corrected chi connectivity index (χ1v) is 8.02. The van der Waals surface area contributed by atoms with Crippen molar-refractivity contribution in [2.45, 2.75) is 4.90 Å². The summed E-state index contributed by atoms with van der Waals surface area (Å²) in [5.74, 6) is 0. The lowest BCUT2D eigenvalue weighted by atomic mass is 10.3. The van der Waals surface area contributed by atoms with Crippen molar-refractivity contribution in [3.8, 4) is 0 Å². The molecule has 0 aliphatic rings. The molecular weight excluding hydrogens is 395 g/mol. The van der Waals surface area contributed by atoms with Gasteiger partial charge < -0.3 is 4.55 Å². The Bertz CT molecular complexity index is 732. The van der Waals surface area contributed by atoms with E-state index in [1.54, 1.807) is 10.2 Å². The zero-order valence-electron chi connectivity index (χ0n) is 9.59. The monoisotopic (exact) mass is 402 g/mol. The first-order valence-electron chi connectivity index (χ1n) is 5.46. The van der Waals surface area contributed by atoms with Gasteiger partial charge in [-0.2, -0.15) is 0 Å².